The van der Waals surface area contributed by atoms with E-state index in [1.807, 2.05) is 0 Å². The molecule has 1 N–H and O–H groups in total. The molecule has 30 heavy (non-hydrogen) atoms. The van der Waals surface area contributed by atoms with E-state index < -0.39 is 6.10 Å². The van der Waals surface area contributed by atoms with Crippen molar-refractivity contribution >= 4 is 0 Å². The van der Waals surface area contributed by atoms with Crippen molar-refractivity contribution in [1.29, 1.82) is 0 Å². The number of hydrogen-bond acceptors (Lipinski definition) is 3. The monoisotopic (exact) mass is 430 g/mol. The number of ether oxygens (including phenoxy) is 2. The summed E-state index contributed by atoms with van der Waals surface area (Å²) < 4.78 is 11.9. The molecule has 0 heterocycles. The maximum Gasteiger partial charge on any atom is 0.126 e. The van der Waals surface area contributed by atoms with Gasteiger partial charge in [0.1, 0.15) is 12.6 Å². The van der Waals surface area contributed by atoms with Crippen LogP contribution in [-0.2, 0) is 9.47 Å². The van der Waals surface area contributed by atoms with Gasteiger partial charge in [0.25, 0.3) is 0 Å². The zero-order chi connectivity index (χ0) is 22.3. The van der Waals surface area contributed by atoms with E-state index in [4.69, 9.17) is 9.47 Å². The molecule has 0 radical (unpaired) electrons. The van der Waals surface area contributed by atoms with Gasteiger partial charge >= 0.3 is 0 Å². The fourth-order valence-corrected chi connectivity index (χ4v) is 3.88. The lowest BCUT2D eigenvalue weighted by atomic mass is 10.0. The maximum atomic E-state index is 9.86. The Bertz CT molecular complexity index is 331. The van der Waals surface area contributed by atoms with Crippen LogP contribution in [-0.4, -0.2) is 69.8 Å². The van der Waals surface area contributed by atoms with Crippen LogP contribution in [0.2, 0.25) is 0 Å². The van der Waals surface area contributed by atoms with Gasteiger partial charge in [-0.25, -0.2) is 0 Å². The van der Waals surface area contributed by atoms with Crippen molar-refractivity contribution < 1.29 is 19.1 Å². The van der Waals surface area contributed by atoms with Gasteiger partial charge in [-0.05, 0) is 6.42 Å². The summed E-state index contributed by atoms with van der Waals surface area (Å²) in [6.07, 6.45) is 21.9. The highest BCUT2D eigenvalue weighted by molar-refractivity contribution is 4.52. The lowest BCUT2D eigenvalue weighted by Gasteiger charge is -2.26. The second-order valence-corrected chi connectivity index (χ2v) is 10.1. The Morgan fingerprint density at radius 1 is 0.567 bits per heavy atom. The third kappa shape index (κ3) is 25.9. The fourth-order valence-electron chi connectivity index (χ4n) is 3.88. The number of hydrogen-bond donors (Lipinski definition) is 1. The summed E-state index contributed by atoms with van der Waals surface area (Å²) in [5.41, 5.74) is 0. The molecule has 4 heteroatoms. The van der Waals surface area contributed by atoms with Crippen LogP contribution >= 0.6 is 0 Å². The molecule has 0 fully saturated rings. The van der Waals surface area contributed by atoms with Crippen LogP contribution in [0.25, 0.3) is 0 Å². The highest BCUT2D eigenvalue weighted by Crippen LogP contribution is 2.13. The van der Waals surface area contributed by atoms with Crippen LogP contribution in [0.5, 0.6) is 0 Å². The van der Waals surface area contributed by atoms with Crippen molar-refractivity contribution in [3.8, 4) is 0 Å². The average molecular weight is 431 g/mol. The summed E-state index contributed by atoms with van der Waals surface area (Å²) in [7, 11) is 6.22. The minimum absolute atomic E-state index is 0.398. The zero-order valence-corrected chi connectivity index (χ0v) is 21.1. The van der Waals surface area contributed by atoms with Crippen LogP contribution in [0, 0.1) is 0 Å². The molecule has 0 aliphatic heterocycles. The second-order valence-electron chi connectivity index (χ2n) is 10.1. The van der Waals surface area contributed by atoms with Gasteiger partial charge in [0.2, 0.25) is 0 Å². The van der Waals surface area contributed by atoms with Gasteiger partial charge < -0.3 is 19.1 Å². The quantitative estimate of drug-likeness (QED) is 0.143. The predicted octanol–water partition coefficient (Wildman–Crippen LogP) is 6.35. The molecule has 1 unspecified atom stereocenters. The van der Waals surface area contributed by atoms with E-state index >= 15 is 0 Å². The van der Waals surface area contributed by atoms with Crippen LogP contribution in [0.3, 0.4) is 0 Å². The summed E-state index contributed by atoms with van der Waals surface area (Å²) in [5.74, 6) is 0. The van der Waals surface area contributed by atoms with Crippen molar-refractivity contribution in [2.75, 3.05) is 54.1 Å². The number of nitrogens with zero attached hydrogens (tertiary/aromatic N) is 1. The van der Waals surface area contributed by atoms with Gasteiger partial charge in [-0.1, -0.05) is 103 Å². The Kier molecular flexibility index (Phi) is 21.9. The fraction of sp³-hybridized carbons (Fsp3) is 1.00. The number of unbranched alkanes of at least 4 members (excludes halogenated alkanes) is 15. The predicted molar refractivity (Wildman–Crippen MR) is 130 cm³/mol. The van der Waals surface area contributed by atoms with E-state index in [-0.39, 0.29) is 0 Å². The molecule has 0 aliphatic carbocycles. The van der Waals surface area contributed by atoms with E-state index in [2.05, 4.69) is 28.1 Å². The number of likely N-dealkylation sites (N-methyl/N-ethyl adjacent to an activating group) is 1. The topological polar surface area (TPSA) is 38.7 Å². The first kappa shape index (κ1) is 29.8. The van der Waals surface area contributed by atoms with Crippen LogP contribution < -0.4 is 0 Å². The highest BCUT2D eigenvalue weighted by Gasteiger charge is 2.15. The van der Waals surface area contributed by atoms with E-state index in [0.717, 1.165) is 17.5 Å². The summed E-state index contributed by atoms with van der Waals surface area (Å²) >= 11 is 0. The summed E-state index contributed by atoms with van der Waals surface area (Å²) in [6, 6.07) is 0. The Labute approximate surface area is 189 Å². The molecule has 0 bridgehead atoms. The minimum Gasteiger partial charge on any atom is -0.385 e. The standard InChI is InChI=1S/C26H56NO3/c1-5-6-7-8-9-10-11-12-13-14-15-16-17-18-19-20-21-29-22-23-30-25-26(28)24-27(2,3)4/h26,28H,5-25H2,1-4H3/q+1. The summed E-state index contributed by atoms with van der Waals surface area (Å²) in [6.45, 7) is 5.44. The molecule has 0 aliphatic rings. The zero-order valence-electron chi connectivity index (χ0n) is 21.1. The first-order valence-corrected chi connectivity index (χ1v) is 13.1. The van der Waals surface area contributed by atoms with E-state index in [1.165, 1.54) is 96.3 Å². The number of aliphatic hydroxyl groups excluding tert-OH is 1. The highest BCUT2D eigenvalue weighted by atomic mass is 16.5. The largest absolute Gasteiger partial charge is 0.385 e. The molecular formula is C26H56NO3+. The lowest BCUT2D eigenvalue weighted by Crippen LogP contribution is -2.43. The first-order valence-electron chi connectivity index (χ1n) is 13.1. The molecule has 1 atom stereocenters. The SMILES string of the molecule is CCCCCCCCCCCCCCCCCCOCCOCC(O)C[N+](C)(C)C. The molecule has 0 aromatic carbocycles. The molecule has 0 rings (SSSR count). The number of quaternary nitrogens is 1. The molecular weight excluding hydrogens is 374 g/mol. The molecule has 0 aromatic rings. The number of aliphatic hydroxyl groups is 1. The Morgan fingerprint density at radius 2 is 0.967 bits per heavy atom. The van der Waals surface area contributed by atoms with Crippen molar-refractivity contribution in [3.05, 3.63) is 0 Å². The van der Waals surface area contributed by atoms with E-state index in [9.17, 15) is 5.11 Å². The van der Waals surface area contributed by atoms with Gasteiger partial charge in [-0.2, -0.15) is 0 Å². The van der Waals surface area contributed by atoms with Crippen molar-refractivity contribution in [1.82, 2.24) is 0 Å². The third-order valence-corrected chi connectivity index (χ3v) is 5.58. The van der Waals surface area contributed by atoms with Gasteiger partial charge in [-0.3, -0.25) is 0 Å². The molecule has 0 saturated heterocycles. The Balaban J connectivity index is 3.10. The van der Waals surface area contributed by atoms with Gasteiger partial charge in [-0.15, -0.1) is 0 Å². The van der Waals surface area contributed by atoms with Gasteiger partial charge in [0.15, 0.2) is 0 Å². The van der Waals surface area contributed by atoms with E-state index in [0.29, 0.717) is 26.4 Å². The van der Waals surface area contributed by atoms with Crippen molar-refractivity contribution in [3.63, 3.8) is 0 Å². The Morgan fingerprint density at radius 3 is 1.40 bits per heavy atom. The second kappa shape index (κ2) is 22.0. The normalized spacial score (nSPS) is 13.1. The van der Waals surface area contributed by atoms with Crippen LogP contribution in [0.15, 0.2) is 0 Å². The molecule has 182 valence electrons. The lowest BCUT2D eigenvalue weighted by molar-refractivity contribution is -0.873. The van der Waals surface area contributed by atoms with Gasteiger partial charge in [0, 0.05) is 6.61 Å². The van der Waals surface area contributed by atoms with Crippen molar-refractivity contribution in [2.45, 2.75) is 116 Å². The minimum atomic E-state index is -0.398. The summed E-state index contributed by atoms with van der Waals surface area (Å²) in [5, 5.41) is 9.86. The molecule has 0 amide bonds. The van der Waals surface area contributed by atoms with Crippen LogP contribution in [0.4, 0.5) is 0 Å². The molecule has 0 aromatic heterocycles. The van der Waals surface area contributed by atoms with Crippen LogP contribution in [0.1, 0.15) is 110 Å². The number of rotatable bonds is 24. The summed E-state index contributed by atoms with van der Waals surface area (Å²) in [4.78, 5) is 0. The molecule has 4 nitrogen and oxygen atoms in total. The van der Waals surface area contributed by atoms with E-state index in [1.54, 1.807) is 0 Å². The third-order valence-electron chi connectivity index (χ3n) is 5.58. The molecule has 0 spiro atoms. The molecule has 0 saturated carbocycles. The van der Waals surface area contributed by atoms with Gasteiger partial charge in [0.05, 0.1) is 41.0 Å². The average Bonchev–Trinajstić information content (AvgIpc) is 2.68. The first-order chi connectivity index (χ1) is 14.5. The maximum absolute atomic E-state index is 9.86. The van der Waals surface area contributed by atoms with Crippen molar-refractivity contribution in [2.24, 2.45) is 0 Å². The smallest absolute Gasteiger partial charge is 0.126 e. The Hall–Kier alpha value is -0.160.